The van der Waals surface area contributed by atoms with E-state index in [4.69, 9.17) is 21.1 Å². The first kappa shape index (κ1) is 18.5. The minimum Gasteiger partial charge on any atom is -0.493 e. The minimum atomic E-state index is -0.257. The van der Waals surface area contributed by atoms with Gasteiger partial charge in [0.1, 0.15) is 0 Å². The van der Waals surface area contributed by atoms with Crippen LogP contribution in [-0.4, -0.2) is 29.9 Å². The number of benzene rings is 2. The van der Waals surface area contributed by atoms with Crippen LogP contribution in [0.1, 0.15) is 5.56 Å². The van der Waals surface area contributed by atoms with E-state index in [1.165, 1.54) is 20.3 Å². The Hall–Kier alpha value is -3.25. The predicted octanol–water partition coefficient (Wildman–Crippen LogP) is 4.19. The summed E-state index contributed by atoms with van der Waals surface area (Å²) in [5.41, 5.74) is 2.32. The van der Waals surface area contributed by atoms with E-state index >= 15 is 0 Å². The summed E-state index contributed by atoms with van der Waals surface area (Å²) in [6.07, 6.45) is 6.64. The molecule has 0 atom stereocenters. The smallest absolute Gasteiger partial charge is 0.248 e. The van der Waals surface area contributed by atoms with Gasteiger partial charge in [0, 0.05) is 24.2 Å². The molecule has 0 unspecified atom stereocenters. The number of rotatable bonds is 6. The summed E-state index contributed by atoms with van der Waals surface area (Å²) in [5, 5.41) is 7.38. The summed E-state index contributed by atoms with van der Waals surface area (Å²) in [4.78, 5) is 12.2. The van der Waals surface area contributed by atoms with Crippen LogP contribution in [0.3, 0.4) is 0 Å². The molecular formula is C20H18ClN3O3. The fraction of sp³-hybridized carbons (Fsp3) is 0.100. The van der Waals surface area contributed by atoms with Crippen LogP contribution in [0, 0.1) is 0 Å². The van der Waals surface area contributed by atoms with Crippen molar-refractivity contribution in [3.63, 3.8) is 0 Å². The normalized spacial score (nSPS) is 10.8. The van der Waals surface area contributed by atoms with Crippen LogP contribution in [0.4, 0.5) is 5.69 Å². The van der Waals surface area contributed by atoms with E-state index in [1.54, 1.807) is 29.1 Å². The van der Waals surface area contributed by atoms with Crippen LogP contribution in [0.25, 0.3) is 11.8 Å². The molecule has 1 N–H and O–H groups in total. The molecule has 0 bridgehead atoms. The van der Waals surface area contributed by atoms with Gasteiger partial charge >= 0.3 is 0 Å². The second-order valence-corrected chi connectivity index (χ2v) is 5.97. The van der Waals surface area contributed by atoms with Crippen LogP contribution < -0.4 is 14.8 Å². The second kappa shape index (κ2) is 8.42. The molecule has 3 aromatic rings. The van der Waals surface area contributed by atoms with Crippen molar-refractivity contribution in [2.45, 2.75) is 0 Å². The van der Waals surface area contributed by atoms with Crippen molar-refractivity contribution in [1.29, 1.82) is 0 Å². The Morgan fingerprint density at radius 1 is 1.19 bits per heavy atom. The van der Waals surface area contributed by atoms with Gasteiger partial charge in [0.15, 0.2) is 11.5 Å². The zero-order chi connectivity index (χ0) is 19.2. The average Bonchev–Trinajstić information content (AvgIpc) is 3.21. The highest BCUT2D eigenvalue weighted by atomic mass is 35.5. The number of hydrogen-bond donors (Lipinski definition) is 1. The summed E-state index contributed by atoms with van der Waals surface area (Å²) in [5.74, 6) is 0.699. The van der Waals surface area contributed by atoms with Gasteiger partial charge in [-0.25, -0.2) is 4.68 Å². The van der Waals surface area contributed by atoms with Crippen LogP contribution >= 0.6 is 11.6 Å². The molecule has 0 saturated carbocycles. The monoisotopic (exact) mass is 383 g/mol. The lowest BCUT2D eigenvalue weighted by atomic mass is 10.2. The van der Waals surface area contributed by atoms with Gasteiger partial charge in [-0.3, -0.25) is 4.79 Å². The number of halogens is 1. The Morgan fingerprint density at radius 2 is 1.96 bits per heavy atom. The number of ether oxygens (including phenoxy) is 2. The quantitative estimate of drug-likeness (QED) is 0.648. The highest BCUT2D eigenvalue weighted by Gasteiger charge is 2.10. The van der Waals surface area contributed by atoms with Gasteiger partial charge in [0.25, 0.3) is 0 Å². The van der Waals surface area contributed by atoms with Crippen molar-refractivity contribution in [3.05, 3.63) is 71.5 Å². The highest BCUT2D eigenvalue weighted by molar-refractivity contribution is 6.32. The van der Waals surface area contributed by atoms with Gasteiger partial charge in [0.05, 0.1) is 24.9 Å². The summed E-state index contributed by atoms with van der Waals surface area (Å²) in [7, 11) is 3.05. The van der Waals surface area contributed by atoms with Gasteiger partial charge in [0.2, 0.25) is 5.91 Å². The van der Waals surface area contributed by atoms with E-state index in [0.29, 0.717) is 22.2 Å². The fourth-order valence-corrected chi connectivity index (χ4v) is 2.81. The number of aromatic nitrogens is 2. The number of anilines is 1. The maximum Gasteiger partial charge on any atom is 0.248 e. The SMILES string of the molecule is COc1cc(/C=C/C(=O)Nc2ccc(-n3cccn3)cc2)cc(Cl)c1OC. The van der Waals surface area contributed by atoms with E-state index in [0.717, 1.165) is 11.3 Å². The summed E-state index contributed by atoms with van der Waals surface area (Å²) < 4.78 is 12.2. The largest absolute Gasteiger partial charge is 0.493 e. The van der Waals surface area contributed by atoms with Crippen molar-refractivity contribution in [3.8, 4) is 17.2 Å². The second-order valence-electron chi connectivity index (χ2n) is 5.56. The number of methoxy groups -OCH3 is 2. The number of hydrogen-bond acceptors (Lipinski definition) is 4. The average molecular weight is 384 g/mol. The molecule has 1 heterocycles. The van der Waals surface area contributed by atoms with Crippen LogP contribution in [0.5, 0.6) is 11.5 Å². The predicted molar refractivity (Wildman–Crippen MR) is 106 cm³/mol. The third-order valence-electron chi connectivity index (χ3n) is 3.79. The molecule has 0 aliphatic carbocycles. The first-order valence-electron chi connectivity index (χ1n) is 8.11. The molecule has 1 amide bonds. The van der Waals surface area contributed by atoms with E-state index in [9.17, 15) is 4.79 Å². The molecule has 3 rings (SSSR count). The Kier molecular flexibility index (Phi) is 5.78. The summed E-state index contributed by atoms with van der Waals surface area (Å²) in [6, 6.07) is 12.7. The van der Waals surface area contributed by atoms with E-state index < -0.39 is 0 Å². The maximum absolute atomic E-state index is 12.2. The Morgan fingerprint density at radius 3 is 2.59 bits per heavy atom. The van der Waals surface area contributed by atoms with Gasteiger partial charge in [-0.15, -0.1) is 0 Å². The van der Waals surface area contributed by atoms with Crippen LogP contribution in [-0.2, 0) is 4.79 Å². The van der Waals surface area contributed by atoms with E-state index in [1.807, 2.05) is 36.5 Å². The first-order valence-corrected chi connectivity index (χ1v) is 8.49. The van der Waals surface area contributed by atoms with Gasteiger partial charge in [-0.05, 0) is 54.1 Å². The van der Waals surface area contributed by atoms with E-state index in [2.05, 4.69) is 10.4 Å². The molecule has 2 aromatic carbocycles. The molecule has 0 radical (unpaired) electrons. The van der Waals surface area contributed by atoms with Crippen LogP contribution in [0.2, 0.25) is 5.02 Å². The zero-order valence-corrected chi connectivity index (χ0v) is 15.6. The number of nitrogens with zero attached hydrogens (tertiary/aromatic N) is 2. The van der Waals surface area contributed by atoms with Crippen molar-refractivity contribution in [2.24, 2.45) is 0 Å². The van der Waals surface area contributed by atoms with Gasteiger partial charge in [-0.1, -0.05) is 11.6 Å². The highest BCUT2D eigenvalue weighted by Crippen LogP contribution is 2.36. The van der Waals surface area contributed by atoms with Crippen molar-refractivity contribution < 1.29 is 14.3 Å². The van der Waals surface area contributed by atoms with Crippen LogP contribution in [0.15, 0.2) is 60.9 Å². The molecule has 27 heavy (non-hydrogen) atoms. The Balaban J connectivity index is 1.68. The Bertz CT molecular complexity index is 951. The standard InChI is InChI=1S/C20H18ClN3O3/c1-26-18-13-14(12-17(21)20(18)27-2)4-9-19(25)23-15-5-7-16(8-6-15)24-11-3-10-22-24/h3-13H,1-2H3,(H,23,25)/b9-4+. The molecular weight excluding hydrogens is 366 g/mol. The molecule has 138 valence electrons. The third-order valence-corrected chi connectivity index (χ3v) is 4.07. The molecule has 0 saturated heterocycles. The van der Waals surface area contributed by atoms with Crippen molar-refractivity contribution in [2.75, 3.05) is 19.5 Å². The van der Waals surface area contributed by atoms with Crippen molar-refractivity contribution in [1.82, 2.24) is 9.78 Å². The fourth-order valence-electron chi connectivity index (χ4n) is 2.51. The molecule has 0 aliphatic heterocycles. The topological polar surface area (TPSA) is 65.4 Å². The van der Waals surface area contributed by atoms with Gasteiger partial charge < -0.3 is 14.8 Å². The first-order chi connectivity index (χ1) is 13.1. The number of carbonyl (C=O) groups excluding carboxylic acids is 1. The lowest BCUT2D eigenvalue weighted by molar-refractivity contribution is -0.111. The third kappa shape index (κ3) is 4.48. The summed E-state index contributed by atoms with van der Waals surface area (Å²) >= 11 is 6.17. The molecule has 0 spiro atoms. The molecule has 0 aliphatic rings. The molecule has 1 aromatic heterocycles. The van der Waals surface area contributed by atoms with Gasteiger partial charge in [-0.2, -0.15) is 5.10 Å². The Labute approximate surface area is 162 Å². The number of carbonyl (C=O) groups is 1. The lowest BCUT2D eigenvalue weighted by Gasteiger charge is -2.10. The number of amides is 1. The lowest BCUT2D eigenvalue weighted by Crippen LogP contribution is -2.07. The maximum atomic E-state index is 12.2. The molecule has 0 fully saturated rings. The molecule has 6 nitrogen and oxygen atoms in total. The number of nitrogens with one attached hydrogen (secondary N) is 1. The molecule has 7 heteroatoms. The van der Waals surface area contributed by atoms with Crippen molar-refractivity contribution >= 4 is 29.3 Å². The summed E-state index contributed by atoms with van der Waals surface area (Å²) in [6.45, 7) is 0. The van der Waals surface area contributed by atoms with E-state index in [-0.39, 0.29) is 5.91 Å². The zero-order valence-electron chi connectivity index (χ0n) is 14.8. The minimum absolute atomic E-state index is 0.257.